The van der Waals surface area contributed by atoms with Crippen LogP contribution in [0.5, 0.6) is 0 Å². The maximum Gasteiger partial charge on any atom is 0.255 e. The lowest BCUT2D eigenvalue weighted by atomic mass is 10.1. The Balaban J connectivity index is 1.49. The number of hydrogen-bond acceptors (Lipinski definition) is 7. The third-order valence-corrected chi connectivity index (χ3v) is 6.34. The molecule has 0 bridgehead atoms. The van der Waals surface area contributed by atoms with Gasteiger partial charge in [0.15, 0.2) is 5.65 Å². The number of H-pyrrole nitrogens is 1. The second kappa shape index (κ2) is 10.3. The van der Waals surface area contributed by atoms with Gasteiger partial charge >= 0.3 is 0 Å². The topological polar surface area (TPSA) is 110 Å². The van der Waals surface area contributed by atoms with E-state index in [0.29, 0.717) is 46.3 Å². The fraction of sp³-hybridized carbons (Fsp3) is 0.417. The summed E-state index contributed by atoms with van der Waals surface area (Å²) in [7, 11) is 1.60. The van der Waals surface area contributed by atoms with Crippen LogP contribution in [0.1, 0.15) is 17.3 Å². The number of carbonyl (C=O) groups is 1. The second-order valence-electron chi connectivity index (χ2n) is 8.67. The summed E-state index contributed by atoms with van der Waals surface area (Å²) in [5.74, 6) is -0.236. The Labute approximate surface area is 207 Å². The number of nitrogens with zero attached hydrogens (tertiary/aromatic N) is 5. The van der Waals surface area contributed by atoms with Gasteiger partial charge in [0.05, 0.1) is 43.6 Å². The van der Waals surface area contributed by atoms with E-state index in [1.807, 2.05) is 29.8 Å². The summed E-state index contributed by atoms with van der Waals surface area (Å²) in [6.07, 6.45) is 3.30. The minimum atomic E-state index is -0.236. The Morgan fingerprint density at radius 1 is 1.31 bits per heavy atom. The predicted octanol–water partition coefficient (Wildman–Crippen LogP) is 2.72. The molecule has 0 radical (unpaired) electrons. The van der Waals surface area contributed by atoms with E-state index >= 15 is 0 Å². The van der Waals surface area contributed by atoms with Crippen molar-refractivity contribution < 1.29 is 14.3 Å². The molecule has 1 aliphatic heterocycles. The Kier molecular flexibility index (Phi) is 6.96. The number of fused-ring (bicyclic) bond motifs is 2. The van der Waals surface area contributed by atoms with Crippen LogP contribution in [-0.4, -0.2) is 88.1 Å². The smallest absolute Gasteiger partial charge is 0.255 e. The summed E-state index contributed by atoms with van der Waals surface area (Å²) in [5.41, 5.74) is 3.69. The fourth-order valence-corrected chi connectivity index (χ4v) is 4.51. The molecule has 10 nitrogen and oxygen atoms in total. The lowest BCUT2D eigenvalue weighted by molar-refractivity contribution is 0.0361. The fourth-order valence-electron chi connectivity index (χ4n) is 4.34. The first kappa shape index (κ1) is 23.7. The SMILES string of the molecule is COC[C@@H](C)NC(=O)c1c[nH]c2ncc(-c3nn(CCN4CCOCC4)c4cc(Cl)ccc34)nc12. The first-order chi connectivity index (χ1) is 17.0. The molecule has 1 saturated heterocycles. The molecule has 1 aromatic carbocycles. The third kappa shape index (κ3) is 5.01. The number of ether oxygens (including phenoxy) is 2. The molecule has 0 aliphatic carbocycles. The predicted molar refractivity (Wildman–Crippen MR) is 134 cm³/mol. The van der Waals surface area contributed by atoms with E-state index in [1.165, 1.54) is 0 Å². The maximum atomic E-state index is 12.8. The van der Waals surface area contributed by atoms with Crippen LogP contribution < -0.4 is 5.32 Å². The van der Waals surface area contributed by atoms with Gasteiger partial charge in [0, 0.05) is 49.4 Å². The highest BCUT2D eigenvalue weighted by Crippen LogP contribution is 2.30. The van der Waals surface area contributed by atoms with E-state index in [9.17, 15) is 4.79 Å². The summed E-state index contributed by atoms with van der Waals surface area (Å²) in [6.45, 7) is 7.20. The summed E-state index contributed by atoms with van der Waals surface area (Å²) in [4.78, 5) is 27.5. The van der Waals surface area contributed by atoms with Crippen molar-refractivity contribution in [3.8, 4) is 11.4 Å². The molecule has 3 aromatic heterocycles. The van der Waals surface area contributed by atoms with Gasteiger partial charge in [-0.05, 0) is 25.1 Å². The number of morpholine rings is 1. The molecule has 4 aromatic rings. The number of aromatic amines is 1. The zero-order valence-corrected chi connectivity index (χ0v) is 20.5. The third-order valence-electron chi connectivity index (χ3n) is 6.11. The van der Waals surface area contributed by atoms with Crippen molar-refractivity contribution in [3.05, 3.63) is 41.2 Å². The number of methoxy groups -OCH3 is 1. The molecule has 0 saturated carbocycles. The van der Waals surface area contributed by atoms with Crippen LogP contribution in [0.4, 0.5) is 0 Å². The largest absolute Gasteiger partial charge is 0.383 e. The first-order valence-electron chi connectivity index (χ1n) is 11.6. The Morgan fingerprint density at radius 2 is 2.14 bits per heavy atom. The van der Waals surface area contributed by atoms with E-state index in [4.69, 9.17) is 31.2 Å². The molecule has 0 unspecified atom stereocenters. The van der Waals surface area contributed by atoms with Gasteiger partial charge in [-0.1, -0.05) is 11.6 Å². The van der Waals surface area contributed by atoms with E-state index < -0.39 is 0 Å². The molecule has 35 heavy (non-hydrogen) atoms. The molecule has 0 spiro atoms. The molecular formula is C24H28ClN7O3. The van der Waals surface area contributed by atoms with Gasteiger partial charge in [0.25, 0.3) is 5.91 Å². The van der Waals surface area contributed by atoms with Gasteiger partial charge in [-0.3, -0.25) is 14.4 Å². The van der Waals surface area contributed by atoms with Crippen molar-refractivity contribution >= 4 is 39.6 Å². The molecule has 4 heterocycles. The second-order valence-corrected chi connectivity index (χ2v) is 9.11. The number of nitrogens with one attached hydrogen (secondary N) is 2. The lowest BCUT2D eigenvalue weighted by Crippen LogP contribution is -2.38. The first-order valence-corrected chi connectivity index (χ1v) is 12.0. The normalized spacial score (nSPS) is 15.6. The van der Waals surface area contributed by atoms with Crippen molar-refractivity contribution in [2.45, 2.75) is 19.5 Å². The molecule has 1 amide bonds. The Bertz CT molecular complexity index is 1350. The molecule has 184 valence electrons. The van der Waals surface area contributed by atoms with Crippen LogP contribution in [0.3, 0.4) is 0 Å². The average Bonchev–Trinajstić information content (AvgIpc) is 3.44. The molecule has 2 N–H and O–H groups in total. The number of rotatable bonds is 8. The van der Waals surface area contributed by atoms with E-state index in [0.717, 1.165) is 43.8 Å². The number of hydrogen-bond donors (Lipinski definition) is 2. The molecule has 1 aliphatic rings. The van der Waals surface area contributed by atoms with Crippen molar-refractivity contribution in [1.29, 1.82) is 0 Å². The lowest BCUT2D eigenvalue weighted by Gasteiger charge is -2.26. The Hall–Kier alpha value is -3.05. The highest BCUT2D eigenvalue weighted by Gasteiger charge is 2.20. The number of benzene rings is 1. The molecule has 11 heteroatoms. The van der Waals surface area contributed by atoms with Crippen LogP contribution >= 0.6 is 11.6 Å². The van der Waals surface area contributed by atoms with Crippen molar-refractivity contribution in [2.75, 3.05) is 46.6 Å². The van der Waals surface area contributed by atoms with Gasteiger partial charge < -0.3 is 19.8 Å². The number of halogens is 1. The summed E-state index contributed by atoms with van der Waals surface area (Å²) in [6, 6.07) is 5.59. The van der Waals surface area contributed by atoms with Crippen LogP contribution in [0.25, 0.3) is 33.5 Å². The average molecular weight is 498 g/mol. The highest BCUT2D eigenvalue weighted by atomic mass is 35.5. The summed E-state index contributed by atoms with van der Waals surface area (Å²) in [5, 5.41) is 9.39. The van der Waals surface area contributed by atoms with E-state index in [2.05, 4.69) is 20.2 Å². The standard InChI is InChI=1S/C24H28ClN7O3/c1-15(14-34-2)28-24(33)18-12-26-23-22(18)29-19(13-27-23)21-17-4-3-16(25)11-20(17)32(30-21)6-5-31-7-9-35-10-8-31/h3-4,11-13,15H,5-10,14H2,1-2H3,(H,26,27)(H,28,33)/t15-/m1/s1. The quantitative estimate of drug-likeness (QED) is 0.385. The summed E-state index contributed by atoms with van der Waals surface area (Å²) < 4.78 is 12.5. The number of amides is 1. The van der Waals surface area contributed by atoms with Crippen LogP contribution in [0, 0.1) is 0 Å². The molecule has 1 atom stereocenters. The minimum Gasteiger partial charge on any atom is -0.383 e. The van der Waals surface area contributed by atoms with Gasteiger partial charge in [-0.2, -0.15) is 5.10 Å². The van der Waals surface area contributed by atoms with E-state index in [1.54, 1.807) is 19.5 Å². The number of aromatic nitrogens is 5. The monoisotopic (exact) mass is 497 g/mol. The highest BCUT2D eigenvalue weighted by molar-refractivity contribution is 6.31. The number of carbonyl (C=O) groups excluding carboxylic acids is 1. The van der Waals surface area contributed by atoms with Crippen LogP contribution in [0.15, 0.2) is 30.6 Å². The van der Waals surface area contributed by atoms with Crippen LogP contribution in [0.2, 0.25) is 5.02 Å². The molecule has 1 fully saturated rings. The summed E-state index contributed by atoms with van der Waals surface area (Å²) >= 11 is 6.32. The van der Waals surface area contributed by atoms with Gasteiger partial charge in [0.2, 0.25) is 0 Å². The van der Waals surface area contributed by atoms with Crippen molar-refractivity contribution in [2.24, 2.45) is 0 Å². The van der Waals surface area contributed by atoms with Gasteiger partial charge in [-0.25, -0.2) is 9.97 Å². The van der Waals surface area contributed by atoms with Gasteiger partial charge in [-0.15, -0.1) is 0 Å². The molecular weight excluding hydrogens is 470 g/mol. The van der Waals surface area contributed by atoms with Crippen molar-refractivity contribution in [1.82, 2.24) is 34.9 Å². The van der Waals surface area contributed by atoms with Gasteiger partial charge in [0.1, 0.15) is 16.9 Å². The zero-order valence-electron chi connectivity index (χ0n) is 19.8. The zero-order chi connectivity index (χ0) is 24.4. The maximum absolute atomic E-state index is 12.8. The van der Waals surface area contributed by atoms with E-state index in [-0.39, 0.29) is 11.9 Å². The van der Waals surface area contributed by atoms with Crippen molar-refractivity contribution in [3.63, 3.8) is 0 Å². The van der Waals surface area contributed by atoms with Crippen LogP contribution in [-0.2, 0) is 16.0 Å². The molecule has 5 rings (SSSR count). The Morgan fingerprint density at radius 3 is 2.94 bits per heavy atom. The minimum absolute atomic E-state index is 0.135.